The van der Waals surface area contributed by atoms with E-state index in [0.717, 1.165) is 68.1 Å². The number of hydrogen-bond acceptors (Lipinski definition) is 5. The molecule has 3 aliphatic heterocycles. The zero-order valence-electron chi connectivity index (χ0n) is 18.1. The second-order valence-corrected chi connectivity index (χ2v) is 8.62. The topological polar surface area (TPSA) is 77.8 Å². The molecule has 2 fully saturated rings. The maximum atomic E-state index is 13.1. The van der Waals surface area contributed by atoms with E-state index in [0.29, 0.717) is 18.8 Å². The second-order valence-electron chi connectivity index (χ2n) is 8.62. The van der Waals surface area contributed by atoms with Gasteiger partial charge in [0.25, 0.3) is 0 Å². The molecule has 32 heavy (non-hydrogen) atoms. The molecule has 7 heteroatoms. The summed E-state index contributed by atoms with van der Waals surface area (Å²) in [5.74, 6) is 1.55. The smallest absolute Gasteiger partial charge is 0.318 e. The fourth-order valence-corrected chi connectivity index (χ4v) is 4.91. The largest absolute Gasteiger partial charge is 0.486 e. The van der Waals surface area contributed by atoms with Gasteiger partial charge in [0.15, 0.2) is 11.5 Å². The van der Waals surface area contributed by atoms with Crippen LogP contribution >= 0.6 is 0 Å². The normalized spacial score (nSPS) is 20.7. The SMILES string of the molecule is N#Cc1ccc(N2CCC(NC(=O)N3CCCC3c3ccc4c(c3)OCCO4)CC2)cc1. The number of carbonyl (C=O) groups is 1. The first-order valence-electron chi connectivity index (χ1n) is 11.4. The van der Waals surface area contributed by atoms with Crippen LogP contribution in [-0.4, -0.2) is 49.8 Å². The van der Waals surface area contributed by atoms with E-state index in [2.05, 4.69) is 22.4 Å². The molecule has 5 rings (SSSR count). The predicted octanol–water partition coefficient (Wildman–Crippen LogP) is 3.84. The summed E-state index contributed by atoms with van der Waals surface area (Å²) >= 11 is 0. The summed E-state index contributed by atoms with van der Waals surface area (Å²) in [4.78, 5) is 17.4. The van der Waals surface area contributed by atoms with Crippen LogP contribution in [0, 0.1) is 11.3 Å². The summed E-state index contributed by atoms with van der Waals surface area (Å²) in [5, 5.41) is 12.2. The number of rotatable bonds is 3. The van der Waals surface area contributed by atoms with Crippen molar-refractivity contribution in [2.75, 3.05) is 37.7 Å². The van der Waals surface area contributed by atoms with E-state index in [1.807, 2.05) is 41.3 Å². The summed E-state index contributed by atoms with van der Waals surface area (Å²) in [7, 11) is 0. The van der Waals surface area contributed by atoms with Gasteiger partial charge < -0.3 is 24.6 Å². The molecule has 7 nitrogen and oxygen atoms in total. The third kappa shape index (κ3) is 4.18. The molecular weight excluding hydrogens is 404 g/mol. The highest BCUT2D eigenvalue weighted by Gasteiger charge is 2.32. The number of piperidine rings is 1. The van der Waals surface area contributed by atoms with Crippen LogP contribution in [-0.2, 0) is 0 Å². The highest BCUT2D eigenvalue weighted by atomic mass is 16.6. The maximum Gasteiger partial charge on any atom is 0.318 e. The molecule has 0 saturated carbocycles. The molecule has 0 radical (unpaired) electrons. The molecule has 1 unspecified atom stereocenters. The lowest BCUT2D eigenvalue weighted by Gasteiger charge is -2.35. The lowest BCUT2D eigenvalue weighted by Crippen LogP contribution is -2.49. The van der Waals surface area contributed by atoms with E-state index in [4.69, 9.17) is 14.7 Å². The molecular formula is C25H28N4O3. The highest BCUT2D eigenvalue weighted by molar-refractivity contribution is 5.75. The first-order chi connectivity index (χ1) is 15.7. The molecule has 3 heterocycles. The van der Waals surface area contributed by atoms with E-state index in [9.17, 15) is 4.79 Å². The van der Waals surface area contributed by atoms with Crippen molar-refractivity contribution < 1.29 is 14.3 Å². The summed E-state index contributed by atoms with van der Waals surface area (Å²) in [5.41, 5.74) is 2.92. The van der Waals surface area contributed by atoms with Crippen molar-refractivity contribution in [1.29, 1.82) is 5.26 Å². The van der Waals surface area contributed by atoms with Crippen LogP contribution in [0.1, 0.15) is 42.9 Å². The molecule has 166 valence electrons. The fraction of sp³-hybridized carbons (Fsp3) is 0.440. The van der Waals surface area contributed by atoms with Gasteiger partial charge in [-0.25, -0.2) is 4.79 Å². The Balaban J connectivity index is 1.18. The minimum absolute atomic E-state index is 0.0270. The highest BCUT2D eigenvalue weighted by Crippen LogP contribution is 2.38. The van der Waals surface area contributed by atoms with Gasteiger partial charge >= 0.3 is 6.03 Å². The molecule has 1 atom stereocenters. The van der Waals surface area contributed by atoms with E-state index in [1.165, 1.54) is 0 Å². The average Bonchev–Trinajstić information content (AvgIpc) is 3.35. The third-order valence-corrected chi connectivity index (χ3v) is 6.65. The Morgan fingerprint density at radius 3 is 2.47 bits per heavy atom. The van der Waals surface area contributed by atoms with Crippen molar-refractivity contribution in [3.8, 4) is 17.6 Å². The molecule has 0 bridgehead atoms. The average molecular weight is 433 g/mol. The van der Waals surface area contributed by atoms with Crippen LogP contribution in [0.15, 0.2) is 42.5 Å². The number of ether oxygens (including phenoxy) is 2. The summed E-state index contributed by atoms with van der Waals surface area (Å²) in [6.07, 6.45) is 3.79. The van der Waals surface area contributed by atoms with Crippen molar-refractivity contribution in [3.63, 3.8) is 0 Å². The van der Waals surface area contributed by atoms with E-state index < -0.39 is 0 Å². The Morgan fingerprint density at radius 2 is 1.72 bits per heavy atom. The molecule has 3 aliphatic rings. The van der Waals surface area contributed by atoms with Crippen LogP contribution < -0.4 is 19.7 Å². The van der Waals surface area contributed by atoms with Crippen LogP contribution in [0.3, 0.4) is 0 Å². The summed E-state index contributed by atoms with van der Waals surface area (Å²) in [6.45, 7) is 3.70. The quantitative estimate of drug-likeness (QED) is 0.797. The van der Waals surface area contributed by atoms with Gasteiger partial charge in [-0.15, -0.1) is 0 Å². The van der Waals surface area contributed by atoms with Gasteiger partial charge in [0.05, 0.1) is 17.7 Å². The molecule has 2 saturated heterocycles. The van der Waals surface area contributed by atoms with Crippen LogP contribution in [0.5, 0.6) is 11.5 Å². The number of hydrogen-bond donors (Lipinski definition) is 1. The number of fused-ring (bicyclic) bond motifs is 1. The van der Waals surface area contributed by atoms with Gasteiger partial charge in [-0.1, -0.05) is 6.07 Å². The van der Waals surface area contributed by atoms with Gasteiger partial charge in [-0.05, 0) is 67.6 Å². The summed E-state index contributed by atoms with van der Waals surface area (Å²) in [6, 6.07) is 16.2. The number of nitrogens with one attached hydrogen (secondary N) is 1. The minimum Gasteiger partial charge on any atom is -0.486 e. The molecule has 0 aromatic heterocycles. The van der Waals surface area contributed by atoms with Crippen molar-refractivity contribution in [1.82, 2.24) is 10.2 Å². The van der Waals surface area contributed by atoms with Gasteiger partial charge in [0, 0.05) is 31.4 Å². The van der Waals surface area contributed by atoms with E-state index >= 15 is 0 Å². The molecule has 1 N–H and O–H groups in total. The minimum atomic E-state index is 0.0270. The monoisotopic (exact) mass is 432 g/mol. The van der Waals surface area contributed by atoms with Crippen LogP contribution in [0.25, 0.3) is 0 Å². The number of nitrogens with zero attached hydrogens (tertiary/aromatic N) is 3. The first kappa shape index (κ1) is 20.5. The van der Waals surface area contributed by atoms with Gasteiger partial charge in [-0.3, -0.25) is 0 Å². The van der Waals surface area contributed by atoms with Crippen molar-refractivity contribution >= 4 is 11.7 Å². The van der Waals surface area contributed by atoms with Crippen LogP contribution in [0.4, 0.5) is 10.5 Å². The van der Waals surface area contributed by atoms with E-state index in [1.54, 1.807) is 0 Å². The predicted molar refractivity (Wildman–Crippen MR) is 121 cm³/mol. The number of nitriles is 1. The summed E-state index contributed by atoms with van der Waals surface area (Å²) < 4.78 is 11.4. The molecule has 2 aromatic rings. The number of likely N-dealkylation sites (tertiary alicyclic amines) is 1. The van der Waals surface area contributed by atoms with E-state index in [-0.39, 0.29) is 18.1 Å². The Kier molecular flexibility index (Phi) is 5.76. The van der Waals surface area contributed by atoms with Crippen LogP contribution in [0.2, 0.25) is 0 Å². The first-order valence-corrected chi connectivity index (χ1v) is 11.4. The number of benzene rings is 2. The fourth-order valence-electron chi connectivity index (χ4n) is 4.91. The standard InChI is InChI=1S/C25H28N4O3/c26-17-18-3-6-21(7-4-18)28-12-9-20(10-13-28)27-25(30)29-11-1-2-22(29)19-5-8-23-24(16-19)32-15-14-31-23/h3-8,16,20,22H,1-2,9-15H2,(H,27,30). The molecule has 2 amide bonds. The van der Waals surface area contributed by atoms with Crippen molar-refractivity contribution in [2.24, 2.45) is 0 Å². The molecule has 0 aliphatic carbocycles. The molecule has 0 spiro atoms. The number of amides is 2. The lowest BCUT2D eigenvalue weighted by atomic mass is 10.0. The number of urea groups is 1. The second kappa shape index (κ2) is 8.99. The lowest BCUT2D eigenvalue weighted by molar-refractivity contribution is 0.170. The third-order valence-electron chi connectivity index (χ3n) is 6.65. The van der Waals surface area contributed by atoms with Crippen molar-refractivity contribution in [3.05, 3.63) is 53.6 Å². The number of carbonyl (C=O) groups excluding carboxylic acids is 1. The van der Waals surface area contributed by atoms with Gasteiger partial charge in [0.2, 0.25) is 0 Å². The Labute approximate surface area is 188 Å². The van der Waals surface area contributed by atoms with Gasteiger partial charge in [-0.2, -0.15) is 5.26 Å². The number of anilines is 1. The Morgan fingerprint density at radius 1 is 0.969 bits per heavy atom. The maximum absolute atomic E-state index is 13.1. The van der Waals surface area contributed by atoms with Crippen molar-refractivity contribution in [2.45, 2.75) is 37.8 Å². The molecule has 2 aromatic carbocycles. The Hall–Kier alpha value is -3.40. The zero-order chi connectivity index (χ0) is 21.9. The van der Waals surface area contributed by atoms with Gasteiger partial charge in [0.1, 0.15) is 13.2 Å². The zero-order valence-corrected chi connectivity index (χ0v) is 18.1. The Bertz CT molecular complexity index is 1010.